The normalized spacial score (nSPS) is 15.8. The third-order valence-electron chi connectivity index (χ3n) is 5.00. The zero-order chi connectivity index (χ0) is 25.8. The Labute approximate surface area is 201 Å². The van der Waals surface area contributed by atoms with E-state index < -0.39 is 40.6 Å². The van der Waals surface area contributed by atoms with Gasteiger partial charge in [-0.05, 0) is 51.2 Å². The van der Waals surface area contributed by atoms with Crippen LogP contribution in [0.15, 0.2) is 50.9 Å². The number of rotatable bonds is 9. The van der Waals surface area contributed by atoms with Gasteiger partial charge in [0, 0.05) is 0 Å². The molecule has 1 aromatic heterocycles. The van der Waals surface area contributed by atoms with Gasteiger partial charge in [0.05, 0.1) is 30.6 Å². The van der Waals surface area contributed by atoms with Crippen LogP contribution in [0.25, 0.3) is 0 Å². The van der Waals surface area contributed by atoms with Crippen molar-refractivity contribution in [3.63, 3.8) is 0 Å². The van der Waals surface area contributed by atoms with Crippen LogP contribution in [-0.4, -0.2) is 53.8 Å². The van der Waals surface area contributed by atoms with E-state index in [4.69, 9.17) is 18.6 Å². The largest absolute Gasteiger partial charge is 0.495 e. The van der Waals surface area contributed by atoms with Gasteiger partial charge in [0.15, 0.2) is 0 Å². The Morgan fingerprint density at radius 2 is 1.89 bits per heavy atom. The average molecular weight is 508 g/mol. The standard InChI is InChI=1S/C22H25N3O9S/c1-5-32-21(27)18-14(24-22(28)25-19(18)16-8-6-12(2)34-16)11-33-20(26)13-7-9-15(31-4)17(10-13)35(29,30)23-3/h6-10,19,23H,5,11H2,1-4H3,(H2,24,25,28). The summed E-state index contributed by atoms with van der Waals surface area (Å²) in [5.41, 5.74) is -0.0886. The van der Waals surface area contributed by atoms with Crippen molar-refractivity contribution in [2.45, 2.75) is 24.8 Å². The first-order valence-corrected chi connectivity index (χ1v) is 11.9. The van der Waals surface area contributed by atoms with Crippen LogP contribution in [0, 0.1) is 6.92 Å². The summed E-state index contributed by atoms with van der Waals surface area (Å²) in [5, 5.41) is 5.06. The number of amides is 2. The molecule has 3 N–H and O–H groups in total. The van der Waals surface area contributed by atoms with Crippen molar-refractivity contribution in [2.75, 3.05) is 27.4 Å². The van der Waals surface area contributed by atoms with E-state index in [2.05, 4.69) is 15.4 Å². The second-order valence-corrected chi connectivity index (χ2v) is 9.10. The molecule has 188 valence electrons. The van der Waals surface area contributed by atoms with Crippen LogP contribution in [0.4, 0.5) is 4.79 Å². The SMILES string of the molecule is CCOC(=O)C1=C(COC(=O)c2ccc(OC)c(S(=O)(=O)NC)c2)NC(=O)NC1c1ccc(C)o1. The Hall–Kier alpha value is -3.84. The third kappa shape index (κ3) is 5.63. The Morgan fingerprint density at radius 1 is 1.14 bits per heavy atom. The fraction of sp³-hybridized carbons (Fsp3) is 0.318. The van der Waals surface area contributed by atoms with Gasteiger partial charge in [-0.25, -0.2) is 27.5 Å². The molecule has 0 bridgehead atoms. The van der Waals surface area contributed by atoms with Gasteiger partial charge in [-0.3, -0.25) is 0 Å². The molecule has 2 heterocycles. The maximum Gasteiger partial charge on any atom is 0.338 e. The van der Waals surface area contributed by atoms with E-state index in [1.54, 1.807) is 26.0 Å². The number of carbonyl (C=O) groups is 3. The van der Waals surface area contributed by atoms with Crippen molar-refractivity contribution >= 4 is 28.0 Å². The molecule has 0 fully saturated rings. The van der Waals surface area contributed by atoms with Crippen molar-refractivity contribution < 1.29 is 41.4 Å². The second-order valence-electron chi connectivity index (χ2n) is 7.24. The molecule has 1 atom stereocenters. The van der Waals surface area contributed by atoms with Crippen molar-refractivity contribution in [1.82, 2.24) is 15.4 Å². The maximum absolute atomic E-state index is 12.7. The zero-order valence-electron chi connectivity index (χ0n) is 19.5. The fourth-order valence-electron chi connectivity index (χ4n) is 3.35. The Kier molecular flexibility index (Phi) is 7.82. The van der Waals surface area contributed by atoms with Crippen LogP contribution in [0.1, 0.15) is 34.8 Å². The van der Waals surface area contributed by atoms with Gasteiger partial charge in [0.25, 0.3) is 0 Å². The number of furan rings is 1. The highest BCUT2D eigenvalue weighted by Crippen LogP contribution is 2.30. The molecule has 1 aromatic carbocycles. The molecular weight excluding hydrogens is 482 g/mol. The molecule has 1 aliphatic rings. The van der Waals surface area contributed by atoms with Crippen LogP contribution >= 0.6 is 0 Å². The monoisotopic (exact) mass is 507 g/mol. The number of aryl methyl sites for hydroxylation is 1. The van der Waals surface area contributed by atoms with Crippen LogP contribution in [0.3, 0.4) is 0 Å². The summed E-state index contributed by atoms with van der Waals surface area (Å²) in [5.74, 6) is -0.742. The third-order valence-corrected chi connectivity index (χ3v) is 6.44. The lowest BCUT2D eigenvalue weighted by molar-refractivity contribution is -0.139. The number of methoxy groups -OCH3 is 1. The Morgan fingerprint density at radius 3 is 2.49 bits per heavy atom. The number of sulfonamides is 1. The number of carbonyl (C=O) groups excluding carboxylic acids is 3. The first-order valence-electron chi connectivity index (χ1n) is 10.4. The minimum Gasteiger partial charge on any atom is -0.495 e. The van der Waals surface area contributed by atoms with Gasteiger partial charge in [-0.2, -0.15) is 0 Å². The average Bonchev–Trinajstić information content (AvgIpc) is 3.27. The van der Waals surface area contributed by atoms with Crippen LogP contribution in [0.5, 0.6) is 5.75 Å². The highest BCUT2D eigenvalue weighted by Gasteiger charge is 2.36. The smallest absolute Gasteiger partial charge is 0.338 e. The van der Waals surface area contributed by atoms with Crippen molar-refractivity contribution in [3.05, 3.63) is 58.7 Å². The molecule has 2 amide bonds. The van der Waals surface area contributed by atoms with E-state index >= 15 is 0 Å². The first-order chi connectivity index (χ1) is 16.6. The number of nitrogens with one attached hydrogen (secondary N) is 3. The molecule has 1 unspecified atom stereocenters. The molecule has 1 aliphatic heterocycles. The van der Waals surface area contributed by atoms with Gasteiger partial charge in [-0.15, -0.1) is 0 Å². The highest BCUT2D eigenvalue weighted by molar-refractivity contribution is 7.89. The van der Waals surface area contributed by atoms with E-state index in [1.165, 1.54) is 26.3 Å². The number of hydrogen-bond donors (Lipinski definition) is 3. The molecule has 13 heteroatoms. The topological polar surface area (TPSA) is 162 Å². The lowest BCUT2D eigenvalue weighted by Gasteiger charge is -2.27. The van der Waals surface area contributed by atoms with E-state index in [-0.39, 0.29) is 34.1 Å². The highest BCUT2D eigenvalue weighted by atomic mass is 32.2. The van der Waals surface area contributed by atoms with Crippen molar-refractivity contribution in [1.29, 1.82) is 0 Å². The summed E-state index contributed by atoms with van der Waals surface area (Å²) in [6.07, 6.45) is 0. The molecule has 0 spiro atoms. The van der Waals surface area contributed by atoms with Gasteiger partial charge >= 0.3 is 18.0 Å². The number of urea groups is 1. The van der Waals surface area contributed by atoms with E-state index in [0.717, 1.165) is 6.07 Å². The zero-order valence-corrected chi connectivity index (χ0v) is 20.3. The van der Waals surface area contributed by atoms with Crippen molar-refractivity contribution in [3.8, 4) is 5.75 Å². The summed E-state index contributed by atoms with van der Waals surface area (Å²) < 4.78 is 47.8. The molecule has 2 aromatic rings. The fourth-order valence-corrected chi connectivity index (χ4v) is 4.27. The molecule has 35 heavy (non-hydrogen) atoms. The number of benzene rings is 1. The molecule has 0 radical (unpaired) electrons. The number of ether oxygens (including phenoxy) is 3. The minimum absolute atomic E-state index is 0.00165. The van der Waals surface area contributed by atoms with E-state index in [1.807, 2.05) is 0 Å². The summed E-state index contributed by atoms with van der Waals surface area (Å²) in [6.45, 7) is 2.90. The summed E-state index contributed by atoms with van der Waals surface area (Å²) >= 11 is 0. The van der Waals surface area contributed by atoms with E-state index in [0.29, 0.717) is 11.5 Å². The quantitative estimate of drug-likeness (QED) is 0.427. The maximum atomic E-state index is 12.7. The van der Waals surface area contributed by atoms with Crippen LogP contribution in [-0.2, 0) is 24.3 Å². The molecule has 0 saturated heterocycles. The number of esters is 2. The van der Waals surface area contributed by atoms with Crippen LogP contribution in [0.2, 0.25) is 0 Å². The van der Waals surface area contributed by atoms with Gasteiger partial charge in [0.2, 0.25) is 10.0 Å². The minimum atomic E-state index is -3.93. The molecule has 3 rings (SSSR count). The lowest BCUT2D eigenvalue weighted by Crippen LogP contribution is -2.47. The Bertz CT molecular complexity index is 1280. The summed E-state index contributed by atoms with van der Waals surface area (Å²) in [7, 11) is -1.42. The molecular formula is C22H25N3O9S. The predicted molar refractivity (Wildman–Crippen MR) is 121 cm³/mol. The predicted octanol–water partition coefficient (Wildman–Crippen LogP) is 1.53. The van der Waals surface area contributed by atoms with Gasteiger partial charge in [-0.1, -0.05) is 0 Å². The summed E-state index contributed by atoms with van der Waals surface area (Å²) in [4.78, 5) is 37.5. The molecule has 0 aliphatic carbocycles. The van der Waals surface area contributed by atoms with Crippen LogP contribution < -0.4 is 20.1 Å². The van der Waals surface area contributed by atoms with Gasteiger partial charge < -0.3 is 29.3 Å². The Balaban J connectivity index is 1.93. The first kappa shape index (κ1) is 25.8. The molecule has 0 saturated carbocycles. The van der Waals surface area contributed by atoms with Crippen molar-refractivity contribution in [2.24, 2.45) is 0 Å². The molecule has 12 nitrogen and oxygen atoms in total. The second kappa shape index (κ2) is 10.6. The lowest BCUT2D eigenvalue weighted by atomic mass is 10.0. The van der Waals surface area contributed by atoms with E-state index in [9.17, 15) is 22.8 Å². The number of hydrogen-bond acceptors (Lipinski definition) is 9. The van der Waals surface area contributed by atoms with Gasteiger partial charge in [0.1, 0.15) is 34.8 Å². The summed E-state index contributed by atoms with van der Waals surface area (Å²) in [6, 6.07) is 5.40.